The first kappa shape index (κ1) is 30.7. The van der Waals surface area contributed by atoms with Crippen molar-refractivity contribution in [1.82, 2.24) is 0 Å². The van der Waals surface area contributed by atoms with E-state index < -0.39 is 0 Å². The summed E-state index contributed by atoms with van der Waals surface area (Å²) in [5.74, 6) is 0. The zero-order chi connectivity index (χ0) is 34.4. The molecule has 0 spiro atoms. The summed E-state index contributed by atoms with van der Waals surface area (Å²) in [5.41, 5.74) is 14.3. The molecule has 2 nitrogen and oxygen atoms in total. The van der Waals surface area contributed by atoms with E-state index in [-0.39, 0.29) is 5.41 Å². The Kier molecular flexibility index (Phi) is 7.51. The molecule has 0 aliphatic carbocycles. The minimum Gasteiger partial charge on any atom is -0.311 e. The van der Waals surface area contributed by atoms with Gasteiger partial charge in [0.1, 0.15) is 0 Å². The maximum Gasteiger partial charge on any atom is 0.0618 e. The van der Waals surface area contributed by atoms with Crippen molar-refractivity contribution in [1.29, 1.82) is 0 Å². The normalized spacial score (nSPS) is 13.0. The number of rotatable bonds is 6. The van der Waals surface area contributed by atoms with Gasteiger partial charge in [-0.05, 0) is 87.8 Å². The van der Waals surface area contributed by atoms with Gasteiger partial charge in [-0.1, -0.05) is 153 Å². The van der Waals surface area contributed by atoms with Gasteiger partial charge in [0.05, 0.1) is 17.1 Å². The summed E-state index contributed by atoms with van der Waals surface area (Å²) in [6.07, 6.45) is 0. The van der Waals surface area contributed by atoms with Crippen LogP contribution in [-0.4, -0.2) is 0 Å². The van der Waals surface area contributed by atoms with Gasteiger partial charge in [0.25, 0.3) is 0 Å². The molecular formula is C49H38N2. The molecule has 0 aromatic heterocycles. The molecule has 0 fully saturated rings. The third kappa shape index (κ3) is 5.28. The SMILES string of the molecule is CC1(C)c2ccccc2N(c2c(-c3ccccc3)ccc3ccccc23)c2ccc(-c3ccc(N(c4ccccc4)c4ccccc4)cc3)cc21. The fourth-order valence-corrected chi connectivity index (χ4v) is 7.88. The Morgan fingerprint density at radius 3 is 1.67 bits per heavy atom. The first-order chi connectivity index (χ1) is 25.1. The van der Waals surface area contributed by atoms with Crippen molar-refractivity contribution in [3.05, 3.63) is 205 Å². The molecule has 0 N–H and O–H groups in total. The van der Waals surface area contributed by atoms with Crippen LogP contribution >= 0.6 is 0 Å². The maximum atomic E-state index is 2.52. The quantitative estimate of drug-likeness (QED) is 0.176. The van der Waals surface area contributed by atoms with Gasteiger partial charge in [-0.25, -0.2) is 0 Å². The van der Waals surface area contributed by atoms with Gasteiger partial charge in [-0.2, -0.15) is 0 Å². The topological polar surface area (TPSA) is 6.48 Å². The highest BCUT2D eigenvalue weighted by atomic mass is 15.2. The van der Waals surface area contributed by atoms with E-state index in [2.05, 4.69) is 218 Å². The van der Waals surface area contributed by atoms with E-state index in [4.69, 9.17) is 0 Å². The summed E-state index contributed by atoms with van der Waals surface area (Å²) in [6.45, 7) is 4.74. The smallest absolute Gasteiger partial charge is 0.0618 e. The van der Waals surface area contributed by atoms with E-state index in [1.165, 1.54) is 61.2 Å². The van der Waals surface area contributed by atoms with Crippen molar-refractivity contribution in [2.45, 2.75) is 19.3 Å². The van der Waals surface area contributed by atoms with Crippen molar-refractivity contribution in [3.63, 3.8) is 0 Å². The summed E-state index contributed by atoms with van der Waals surface area (Å²) in [5, 5.41) is 2.47. The number of anilines is 6. The van der Waals surface area contributed by atoms with E-state index in [1.54, 1.807) is 0 Å². The molecule has 1 heterocycles. The van der Waals surface area contributed by atoms with E-state index in [1.807, 2.05) is 0 Å². The Hall–Kier alpha value is -6.38. The van der Waals surface area contributed by atoms with Gasteiger partial charge < -0.3 is 9.80 Å². The highest BCUT2D eigenvalue weighted by Gasteiger charge is 2.38. The van der Waals surface area contributed by atoms with Crippen LogP contribution in [0.15, 0.2) is 194 Å². The molecule has 0 radical (unpaired) electrons. The standard InChI is InChI=1S/C49H38N2/c1-49(2)44-24-14-15-25-46(44)51(48-42-23-13-12-18-37(42)28-32-43(48)36-16-6-3-7-17-36)47-33-29-38(34-45(47)49)35-26-30-41(31-27-35)50(39-19-8-4-9-20-39)40-21-10-5-11-22-40/h3-34H,1-2H3. The molecule has 2 heteroatoms. The van der Waals surface area contributed by atoms with Crippen molar-refractivity contribution in [2.24, 2.45) is 0 Å². The number of nitrogens with zero attached hydrogens (tertiary/aromatic N) is 2. The Morgan fingerprint density at radius 2 is 0.961 bits per heavy atom. The molecule has 9 rings (SSSR count). The molecule has 0 saturated carbocycles. The highest BCUT2D eigenvalue weighted by molar-refractivity contribution is 6.07. The molecule has 0 saturated heterocycles. The van der Waals surface area contributed by atoms with Crippen molar-refractivity contribution >= 4 is 44.9 Å². The lowest BCUT2D eigenvalue weighted by Gasteiger charge is -2.43. The lowest BCUT2D eigenvalue weighted by atomic mass is 9.72. The lowest BCUT2D eigenvalue weighted by molar-refractivity contribution is 0.632. The fraction of sp³-hybridized carbons (Fsp3) is 0.0612. The zero-order valence-corrected chi connectivity index (χ0v) is 28.9. The molecule has 1 aliphatic heterocycles. The molecular weight excluding hydrogens is 617 g/mol. The third-order valence-electron chi connectivity index (χ3n) is 10.4. The molecule has 0 unspecified atom stereocenters. The Bertz CT molecular complexity index is 2440. The summed E-state index contributed by atoms with van der Waals surface area (Å²) >= 11 is 0. The Balaban J connectivity index is 1.20. The van der Waals surface area contributed by atoms with Gasteiger partial charge in [-0.15, -0.1) is 0 Å². The fourth-order valence-electron chi connectivity index (χ4n) is 7.88. The second kappa shape index (κ2) is 12.5. The first-order valence-electron chi connectivity index (χ1n) is 17.7. The highest BCUT2D eigenvalue weighted by Crippen LogP contribution is 2.55. The minimum absolute atomic E-state index is 0.215. The Labute approximate surface area is 300 Å². The van der Waals surface area contributed by atoms with Crippen LogP contribution in [0.1, 0.15) is 25.0 Å². The molecule has 244 valence electrons. The summed E-state index contributed by atoms with van der Waals surface area (Å²) < 4.78 is 0. The first-order valence-corrected chi connectivity index (χ1v) is 17.7. The number of benzene rings is 8. The average Bonchev–Trinajstić information content (AvgIpc) is 3.19. The van der Waals surface area contributed by atoms with Crippen LogP contribution in [0.5, 0.6) is 0 Å². The number of hydrogen-bond donors (Lipinski definition) is 0. The Morgan fingerprint density at radius 1 is 0.412 bits per heavy atom. The van der Waals surface area contributed by atoms with E-state index >= 15 is 0 Å². The maximum absolute atomic E-state index is 2.52. The minimum atomic E-state index is -0.215. The van der Waals surface area contributed by atoms with Crippen LogP contribution in [0.3, 0.4) is 0 Å². The summed E-state index contributed by atoms with van der Waals surface area (Å²) in [4.78, 5) is 4.83. The number of fused-ring (bicyclic) bond motifs is 3. The summed E-state index contributed by atoms with van der Waals surface area (Å²) in [7, 11) is 0. The second-order valence-corrected chi connectivity index (χ2v) is 13.8. The molecule has 0 bridgehead atoms. The van der Waals surface area contributed by atoms with Gasteiger partial charge in [-0.3, -0.25) is 0 Å². The van der Waals surface area contributed by atoms with Crippen LogP contribution in [0, 0.1) is 0 Å². The van der Waals surface area contributed by atoms with Crippen molar-refractivity contribution in [3.8, 4) is 22.3 Å². The average molecular weight is 655 g/mol. The monoisotopic (exact) mass is 654 g/mol. The van der Waals surface area contributed by atoms with Crippen LogP contribution < -0.4 is 9.80 Å². The van der Waals surface area contributed by atoms with Gasteiger partial charge in [0.2, 0.25) is 0 Å². The predicted molar refractivity (Wildman–Crippen MR) is 216 cm³/mol. The van der Waals surface area contributed by atoms with E-state index in [9.17, 15) is 0 Å². The van der Waals surface area contributed by atoms with Crippen molar-refractivity contribution < 1.29 is 0 Å². The molecule has 0 amide bonds. The molecule has 1 aliphatic rings. The molecule has 8 aromatic carbocycles. The van der Waals surface area contributed by atoms with Gasteiger partial charge in [0, 0.05) is 33.4 Å². The largest absolute Gasteiger partial charge is 0.311 e. The van der Waals surface area contributed by atoms with Gasteiger partial charge in [0.15, 0.2) is 0 Å². The lowest BCUT2D eigenvalue weighted by Crippen LogP contribution is -2.31. The predicted octanol–water partition coefficient (Wildman–Crippen LogP) is 13.8. The molecule has 8 aromatic rings. The third-order valence-corrected chi connectivity index (χ3v) is 10.4. The van der Waals surface area contributed by atoms with Crippen LogP contribution in [0.2, 0.25) is 0 Å². The van der Waals surface area contributed by atoms with Crippen LogP contribution in [0.25, 0.3) is 33.0 Å². The zero-order valence-electron chi connectivity index (χ0n) is 28.9. The van der Waals surface area contributed by atoms with E-state index in [0.717, 1.165) is 17.1 Å². The molecule has 0 atom stereocenters. The van der Waals surface area contributed by atoms with Crippen LogP contribution in [-0.2, 0) is 5.41 Å². The second-order valence-electron chi connectivity index (χ2n) is 13.8. The number of hydrogen-bond acceptors (Lipinski definition) is 2. The summed E-state index contributed by atoms with van der Waals surface area (Å²) in [6, 6.07) is 70.3. The molecule has 51 heavy (non-hydrogen) atoms. The number of para-hydroxylation sites is 3. The van der Waals surface area contributed by atoms with Crippen LogP contribution in [0.4, 0.5) is 34.1 Å². The van der Waals surface area contributed by atoms with E-state index in [0.29, 0.717) is 0 Å². The van der Waals surface area contributed by atoms with Crippen molar-refractivity contribution in [2.75, 3.05) is 9.80 Å². The van der Waals surface area contributed by atoms with Gasteiger partial charge >= 0.3 is 0 Å².